The second-order valence-electron chi connectivity index (χ2n) is 10.1. The number of methoxy groups -OCH3 is 2. The first-order valence-electron chi connectivity index (χ1n) is 12.0. The normalized spacial score (nSPS) is 19.1. The quantitative estimate of drug-likeness (QED) is 0.543. The number of nitrogens with zero attached hydrogens (tertiary/aromatic N) is 3. The Morgan fingerprint density at radius 1 is 1.09 bits per heavy atom. The number of carbonyl (C=O) groups excluding carboxylic acids is 1. The van der Waals surface area contributed by atoms with Gasteiger partial charge in [-0.2, -0.15) is 0 Å². The molecule has 5 rings (SSSR count). The molecule has 2 aliphatic heterocycles. The van der Waals surface area contributed by atoms with E-state index < -0.39 is 6.04 Å². The van der Waals surface area contributed by atoms with Crippen LogP contribution in [0.25, 0.3) is 10.9 Å². The van der Waals surface area contributed by atoms with E-state index in [4.69, 9.17) is 9.47 Å². The van der Waals surface area contributed by atoms with Crippen molar-refractivity contribution >= 4 is 16.8 Å². The lowest BCUT2D eigenvalue weighted by atomic mass is 9.68. The first kappa shape index (κ1) is 23.7. The molecule has 0 aliphatic carbocycles. The predicted molar refractivity (Wildman–Crippen MR) is 135 cm³/mol. The number of carbonyl (C=O) groups is 1. The van der Waals surface area contributed by atoms with Gasteiger partial charge in [-0.05, 0) is 49.5 Å². The van der Waals surface area contributed by atoms with Crippen molar-refractivity contribution in [3.05, 3.63) is 59.3 Å². The summed E-state index contributed by atoms with van der Waals surface area (Å²) in [7, 11) is 7.12. The molecule has 8 heteroatoms. The Kier molecular flexibility index (Phi) is 6.21. The Bertz CT molecular complexity index is 1210. The number of likely N-dealkylation sites (tertiary alicyclic amines) is 1. The maximum Gasteiger partial charge on any atom is 0.237 e. The molecule has 3 heterocycles. The molecule has 1 aromatic heterocycles. The van der Waals surface area contributed by atoms with Crippen molar-refractivity contribution < 1.29 is 19.4 Å². The van der Waals surface area contributed by atoms with Crippen LogP contribution in [0.3, 0.4) is 0 Å². The summed E-state index contributed by atoms with van der Waals surface area (Å²) in [5.41, 5.74) is 4.19. The standard InChI is InChI=1S/C27H34N4O4/c1-29(2)13-24(33)31-17-27(15-30(16-27)12-18-5-7-19(34-3)8-6-18)25-21-10-9-20(35-4)11-22(21)28-26(25)23(31)14-32/h5-11,23,28,32H,12-17H2,1-4H3/t23-/m0/s1. The summed E-state index contributed by atoms with van der Waals surface area (Å²) >= 11 is 0. The highest BCUT2D eigenvalue weighted by atomic mass is 16.5. The second kappa shape index (κ2) is 9.18. The monoisotopic (exact) mass is 478 g/mol. The largest absolute Gasteiger partial charge is 0.497 e. The summed E-state index contributed by atoms with van der Waals surface area (Å²) in [6.07, 6.45) is 0. The molecular weight excluding hydrogens is 444 g/mol. The molecule has 1 fully saturated rings. The van der Waals surface area contributed by atoms with Crippen molar-refractivity contribution in [2.24, 2.45) is 0 Å². The smallest absolute Gasteiger partial charge is 0.237 e. The third-order valence-electron chi connectivity index (χ3n) is 7.31. The Morgan fingerprint density at radius 3 is 2.40 bits per heavy atom. The minimum atomic E-state index is -0.392. The number of rotatable bonds is 7. The first-order valence-corrected chi connectivity index (χ1v) is 12.0. The average Bonchev–Trinajstić information content (AvgIpc) is 3.21. The van der Waals surface area contributed by atoms with Crippen molar-refractivity contribution in [3.8, 4) is 11.5 Å². The van der Waals surface area contributed by atoms with Gasteiger partial charge < -0.3 is 29.4 Å². The Hall–Kier alpha value is -3.07. The van der Waals surface area contributed by atoms with Gasteiger partial charge in [-0.3, -0.25) is 9.69 Å². The number of hydrogen-bond acceptors (Lipinski definition) is 6. The third kappa shape index (κ3) is 4.16. The molecule has 0 bridgehead atoms. The van der Waals surface area contributed by atoms with Gasteiger partial charge in [-0.25, -0.2) is 0 Å². The molecular formula is C27H34N4O4. The minimum Gasteiger partial charge on any atom is -0.497 e. The van der Waals surface area contributed by atoms with Crippen LogP contribution in [-0.4, -0.2) is 91.8 Å². The highest BCUT2D eigenvalue weighted by molar-refractivity contribution is 5.89. The lowest BCUT2D eigenvalue weighted by Gasteiger charge is -2.56. The predicted octanol–water partition coefficient (Wildman–Crippen LogP) is 2.38. The van der Waals surface area contributed by atoms with Gasteiger partial charge in [0.05, 0.1) is 33.4 Å². The Labute approximate surface area is 206 Å². The second-order valence-corrected chi connectivity index (χ2v) is 10.1. The number of fused-ring (bicyclic) bond motifs is 4. The van der Waals surface area contributed by atoms with E-state index in [-0.39, 0.29) is 17.9 Å². The van der Waals surface area contributed by atoms with Crippen LogP contribution >= 0.6 is 0 Å². The lowest BCUT2D eigenvalue weighted by Crippen LogP contribution is -2.67. The molecule has 0 unspecified atom stereocenters. The van der Waals surface area contributed by atoms with Crippen LogP contribution in [0.15, 0.2) is 42.5 Å². The number of ether oxygens (including phenoxy) is 2. The molecule has 2 aromatic carbocycles. The van der Waals surface area contributed by atoms with E-state index in [2.05, 4.69) is 28.1 Å². The molecule has 0 radical (unpaired) electrons. The van der Waals surface area contributed by atoms with Gasteiger partial charge in [0.1, 0.15) is 11.5 Å². The average molecular weight is 479 g/mol. The van der Waals surface area contributed by atoms with Crippen LogP contribution in [0.2, 0.25) is 0 Å². The zero-order chi connectivity index (χ0) is 24.7. The molecule has 1 spiro atoms. The Morgan fingerprint density at radius 2 is 1.77 bits per heavy atom. The molecule has 1 saturated heterocycles. The van der Waals surface area contributed by atoms with Crippen LogP contribution in [0, 0.1) is 0 Å². The SMILES string of the molecule is COc1ccc(CN2CC3(C2)CN(C(=O)CN(C)C)[C@@H](CO)c2[nH]c4cc(OC)ccc4c23)cc1. The molecule has 1 amide bonds. The van der Waals surface area contributed by atoms with E-state index in [0.29, 0.717) is 13.1 Å². The fraction of sp³-hybridized carbons (Fsp3) is 0.444. The lowest BCUT2D eigenvalue weighted by molar-refractivity contribution is -0.139. The van der Waals surface area contributed by atoms with Crippen LogP contribution < -0.4 is 9.47 Å². The number of nitrogens with one attached hydrogen (secondary N) is 1. The van der Waals surface area contributed by atoms with Crippen LogP contribution in [0.1, 0.15) is 22.9 Å². The number of aromatic amines is 1. The summed E-state index contributed by atoms with van der Waals surface area (Å²) in [6, 6.07) is 13.9. The van der Waals surface area contributed by atoms with Gasteiger partial charge >= 0.3 is 0 Å². The molecule has 2 N–H and O–H groups in total. The molecule has 186 valence electrons. The number of aromatic nitrogens is 1. The highest BCUT2D eigenvalue weighted by Gasteiger charge is 2.53. The molecule has 2 aliphatic rings. The number of aliphatic hydroxyl groups excluding tert-OH is 1. The number of aliphatic hydroxyl groups is 1. The van der Waals surface area contributed by atoms with E-state index >= 15 is 0 Å². The number of amides is 1. The van der Waals surface area contributed by atoms with E-state index in [9.17, 15) is 9.90 Å². The topological polar surface area (TPSA) is 81.3 Å². The molecule has 35 heavy (non-hydrogen) atoms. The number of benzene rings is 2. The van der Waals surface area contributed by atoms with Crippen LogP contribution in [0.5, 0.6) is 11.5 Å². The Balaban J connectivity index is 1.50. The third-order valence-corrected chi connectivity index (χ3v) is 7.31. The number of H-pyrrole nitrogens is 1. The maximum absolute atomic E-state index is 13.3. The zero-order valence-corrected chi connectivity index (χ0v) is 20.9. The van der Waals surface area contributed by atoms with Crippen molar-refractivity contribution in [3.63, 3.8) is 0 Å². The maximum atomic E-state index is 13.3. The van der Waals surface area contributed by atoms with Crippen molar-refractivity contribution in [2.45, 2.75) is 18.0 Å². The summed E-state index contributed by atoms with van der Waals surface area (Å²) in [4.78, 5) is 23.0. The molecule has 8 nitrogen and oxygen atoms in total. The van der Waals surface area contributed by atoms with Crippen molar-refractivity contribution in [2.75, 3.05) is 61.1 Å². The van der Waals surface area contributed by atoms with E-state index in [1.54, 1.807) is 14.2 Å². The van der Waals surface area contributed by atoms with Gasteiger partial charge in [0.2, 0.25) is 5.91 Å². The van der Waals surface area contributed by atoms with Crippen LogP contribution in [0.4, 0.5) is 0 Å². The van der Waals surface area contributed by atoms with Gasteiger partial charge in [0.25, 0.3) is 0 Å². The summed E-state index contributed by atoms with van der Waals surface area (Å²) in [5.74, 6) is 1.66. The summed E-state index contributed by atoms with van der Waals surface area (Å²) in [5, 5.41) is 11.5. The van der Waals surface area contributed by atoms with Gasteiger partial charge in [0, 0.05) is 54.3 Å². The minimum absolute atomic E-state index is 0.0314. The highest BCUT2D eigenvalue weighted by Crippen LogP contribution is 2.48. The molecule has 0 saturated carbocycles. The summed E-state index contributed by atoms with van der Waals surface area (Å²) < 4.78 is 10.7. The van der Waals surface area contributed by atoms with Gasteiger partial charge in [-0.1, -0.05) is 12.1 Å². The van der Waals surface area contributed by atoms with Crippen molar-refractivity contribution in [1.29, 1.82) is 0 Å². The molecule has 1 atom stereocenters. The molecule has 3 aromatic rings. The van der Waals surface area contributed by atoms with Crippen molar-refractivity contribution in [1.82, 2.24) is 19.7 Å². The van der Waals surface area contributed by atoms with Gasteiger partial charge in [0.15, 0.2) is 0 Å². The van der Waals surface area contributed by atoms with Crippen LogP contribution in [-0.2, 0) is 16.8 Å². The van der Waals surface area contributed by atoms with E-state index in [1.165, 1.54) is 11.1 Å². The van der Waals surface area contributed by atoms with E-state index in [0.717, 1.165) is 47.7 Å². The van der Waals surface area contributed by atoms with E-state index in [1.807, 2.05) is 48.2 Å². The number of likely N-dealkylation sites (N-methyl/N-ethyl adjacent to an activating group) is 1. The first-order chi connectivity index (χ1) is 16.9. The fourth-order valence-corrected chi connectivity index (χ4v) is 5.80. The van der Waals surface area contributed by atoms with Gasteiger partial charge in [-0.15, -0.1) is 0 Å². The zero-order valence-electron chi connectivity index (χ0n) is 20.9. The summed E-state index contributed by atoms with van der Waals surface area (Å²) in [6.45, 7) is 3.30. The fourth-order valence-electron chi connectivity index (χ4n) is 5.80. The number of hydrogen-bond donors (Lipinski definition) is 2.